The number of hydrogen-bond donors (Lipinski definition) is 1. The first-order chi connectivity index (χ1) is 10.1. The van der Waals surface area contributed by atoms with Crippen LogP contribution >= 0.6 is 0 Å². The number of ether oxygens (including phenoxy) is 2. The maximum Gasteiger partial charge on any atom is 0.410 e. The quantitative estimate of drug-likeness (QED) is 0.914. The van der Waals surface area contributed by atoms with Crippen LogP contribution in [0.15, 0.2) is 12.3 Å². The van der Waals surface area contributed by atoms with Crippen molar-refractivity contribution in [2.24, 2.45) is 0 Å². The van der Waals surface area contributed by atoms with Gasteiger partial charge in [0, 0.05) is 31.4 Å². The molecule has 0 spiro atoms. The molecular formula is C14H22N4O3. The number of nitrogens with one attached hydrogen (secondary N) is 1. The fourth-order valence-electron chi connectivity index (χ4n) is 2.19. The van der Waals surface area contributed by atoms with Crippen LogP contribution in [0.1, 0.15) is 26.7 Å². The summed E-state index contributed by atoms with van der Waals surface area (Å²) in [6.45, 7) is 5.05. The first-order valence-electron chi connectivity index (χ1n) is 7.17. The summed E-state index contributed by atoms with van der Waals surface area (Å²) in [5, 5.41) is 3.27. The molecule has 1 aliphatic rings. The second-order valence-corrected chi connectivity index (χ2v) is 5.26. The second-order valence-electron chi connectivity index (χ2n) is 5.26. The van der Waals surface area contributed by atoms with E-state index >= 15 is 0 Å². The van der Waals surface area contributed by atoms with E-state index in [2.05, 4.69) is 15.3 Å². The third-order valence-electron chi connectivity index (χ3n) is 3.26. The third-order valence-corrected chi connectivity index (χ3v) is 3.26. The lowest BCUT2D eigenvalue weighted by atomic mass is 10.1. The van der Waals surface area contributed by atoms with Crippen molar-refractivity contribution in [3.05, 3.63) is 12.3 Å². The zero-order valence-electron chi connectivity index (χ0n) is 12.7. The number of rotatable bonds is 4. The number of aromatic nitrogens is 2. The Morgan fingerprint density at radius 3 is 2.76 bits per heavy atom. The zero-order chi connectivity index (χ0) is 15.2. The van der Waals surface area contributed by atoms with Gasteiger partial charge in [-0.15, -0.1) is 0 Å². The summed E-state index contributed by atoms with van der Waals surface area (Å²) in [7, 11) is 1.57. The molecule has 0 radical (unpaired) electrons. The molecule has 1 amide bonds. The molecule has 2 heterocycles. The molecule has 1 aromatic rings. The van der Waals surface area contributed by atoms with E-state index in [1.807, 2.05) is 13.8 Å². The number of carbonyl (C=O) groups is 1. The fourth-order valence-corrected chi connectivity index (χ4v) is 2.19. The average molecular weight is 294 g/mol. The van der Waals surface area contributed by atoms with E-state index in [1.165, 1.54) is 0 Å². The Morgan fingerprint density at radius 2 is 2.14 bits per heavy atom. The molecule has 1 N–H and O–H groups in total. The van der Waals surface area contributed by atoms with Gasteiger partial charge >= 0.3 is 6.09 Å². The van der Waals surface area contributed by atoms with E-state index in [4.69, 9.17) is 9.47 Å². The van der Waals surface area contributed by atoms with Crippen LogP contribution in [0.5, 0.6) is 5.88 Å². The molecule has 7 nitrogen and oxygen atoms in total. The molecule has 0 bridgehead atoms. The van der Waals surface area contributed by atoms with Crippen LogP contribution in [0.25, 0.3) is 0 Å². The molecule has 21 heavy (non-hydrogen) atoms. The van der Waals surface area contributed by atoms with Gasteiger partial charge in [-0.3, -0.25) is 0 Å². The Hall–Kier alpha value is -2.05. The largest absolute Gasteiger partial charge is 0.481 e. The standard InChI is InChI=1S/C14H22N4O3/c1-10(2)21-14(19)18-8-5-11(6-9-18)16-13-15-7-4-12(17-13)20-3/h4,7,10-11H,5-6,8-9H2,1-3H3,(H,15,16,17). The SMILES string of the molecule is COc1ccnc(NC2CCN(C(=O)OC(C)C)CC2)n1. The predicted molar refractivity (Wildman–Crippen MR) is 78.4 cm³/mol. The summed E-state index contributed by atoms with van der Waals surface area (Å²) < 4.78 is 10.3. The summed E-state index contributed by atoms with van der Waals surface area (Å²) in [4.78, 5) is 21.9. The summed E-state index contributed by atoms with van der Waals surface area (Å²) in [5.74, 6) is 1.09. The number of methoxy groups -OCH3 is 1. The van der Waals surface area contributed by atoms with Crippen LogP contribution in [0.2, 0.25) is 0 Å². The van der Waals surface area contributed by atoms with Crippen LogP contribution in [0.3, 0.4) is 0 Å². The molecule has 0 unspecified atom stereocenters. The van der Waals surface area contributed by atoms with Crippen molar-refractivity contribution in [3.63, 3.8) is 0 Å². The number of likely N-dealkylation sites (tertiary alicyclic amines) is 1. The van der Waals surface area contributed by atoms with Gasteiger partial charge in [0.1, 0.15) is 0 Å². The molecule has 0 atom stereocenters. The lowest BCUT2D eigenvalue weighted by Gasteiger charge is -2.32. The van der Waals surface area contributed by atoms with Crippen molar-refractivity contribution in [1.29, 1.82) is 0 Å². The highest BCUT2D eigenvalue weighted by molar-refractivity contribution is 5.67. The Bertz CT molecular complexity index is 473. The van der Waals surface area contributed by atoms with Crippen molar-refractivity contribution in [2.75, 3.05) is 25.5 Å². The minimum Gasteiger partial charge on any atom is -0.481 e. The molecule has 2 rings (SSSR count). The van der Waals surface area contributed by atoms with Gasteiger partial charge < -0.3 is 19.7 Å². The van der Waals surface area contributed by atoms with E-state index in [-0.39, 0.29) is 18.2 Å². The van der Waals surface area contributed by atoms with Gasteiger partial charge in [0.25, 0.3) is 0 Å². The van der Waals surface area contributed by atoms with Crippen molar-refractivity contribution >= 4 is 12.0 Å². The lowest BCUT2D eigenvalue weighted by Crippen LogP contribution is -2.43. The highest BCUT2D eigenvalue weighted by Crippen LogP contribution is 2.16. The molecule has 7 heteroatoms. The lowest BCUT2D eigenvalue weighted by molar-refractivity contribution is 0.0701. The van der Waals surface area contributed by atoms with Crippen molar-refractivity contribution < 1.29 is 14.3 Å². The number of hydrogen-bond acceptors (Lipinski definition) is 6. The van der Waals surface area contributed by atoms with Crippen LogP contribution in [-0.2, 0) is 4.74 Å². The van der Waals surface area contributed by atoms with Gasteiger partial charge in [0.2, 0.25) is 11.8 Å². The van der Waals surface area contributed by atoms with Gasteiger partial charge in [0.15, 0.2) is 0 Å². The average Bonchev–Trinajstić information content (AvgIpc) is 2.47. The summed E-state index contributed by atoms with van der Waals surface area (Å²) in [6.07, 6.45) is 3.02. The van der Waals surface area contributed by atoms with Crippen molar-refractivity contribution in [3.8, 4) is 5.88 Å². The van der Waals surface area contributed by atoms with Gasteiger partial charge in [-0.05, 0) is 26.7 Å². The van der Waals surface area contributed by atoms with E-state index < -0.39 is 0 Å². The van der Waals surface area contributed by atoms with E-state index in [0.29, 0.717) is 24.9 Å². The van der Waals surface area contributed by atoms with Crippen molar-refractivity contribution in [1.82, 2.24) is 14.9 Å². The number of carbonyl (C=O) groups excluding carboxylic acids is 1. The number of piperidine rings is 1. The summed E-state index contributed by atoms with van der Waals surface area (Å²) in [6, 6.07) is 1.95. The minimum absolute atomic E-state index is 0.0847. The van der Waals surface area contributed by atoms with E-state index in [1.54, 1.807) is 24.3 Å². The number of amides is 1. The summed E-state index contributed by atoms with van der Waals surface area (Å²) in [5.41, 5.74) is 0. The first kappa shape index (κ1) is 15.3. The molecule has 0 aliphatic carbocycles. The van der Waals surface area contributed by atoms with Gasteiger partial charge in [-0.2, -0.15) is 4.98 Å². The van der Waals surface area contributed by atoms with Gasteiger partial charge in [0.05, 0.1) is 13.2 Å². The Balaban J connectivity index is 1.82. The molecule has 1 fully saturated rings. The van der Waals surface area contributed by atoms with E-state index in [0.717, 1.165) is 12.8 Å². The Kier molecular flexibility index (Phi) is 5.19. The molecule has 0 saturated carbocycles. The van der Waals surface area contributed by atoms with Crippen LogP contribution in [0.4, 0.5) is 10.7 Å². The molecule has 0 aromatic carbocycles. The second kappa shape index (κ2) is 7.10. The fraction of sp³-hybridized carbons (Fsp3) is 0.643. The van der Waals surface area contributed by atoms with Crippen molar-refractivity contribution in [2.45, 2.75) is 38.8 Å². The topological polar surface area (TPSA) is 76.6 Å². The van der Waals surface area contributed by atoms with Crippen LogP contribution in [-0.4, -0.2) is 53.3 Å². The third kappa shape index (κ3) is 4.47. The first-order valence-corrected chi connectivity index (χ1v) is 7.17. The van der Waals surface area contributed by atoms with Gasteiger partial charge in [-0.1, -0.05) is 0 Å². The molecule has 1 aliphatic heterocycles. The Labute approximate surface area is 124 Å². The molecule has 1 aromatic heterocycles. The van der Waals surface area contributed by atoms with E-state index in [9.17, 15) is 4.79 Å². The predicted octanol–water partition coefficient (Wildman–Crippen LogP) is 1.91. The Morgan fingerprint density at radius 1 is 1.43 bits per heavy atom. The van der Waals surface area contributed by atoms with Gasteiger partial charge in [-0.25, -0.2) is 9.78 Å². The number of nitrogens with zero attached hydrogens (tertiary/aromatic N) is 3. The maximum absolute atomic E-state index is 11.8. The summed E-state index contributed by atoms with van der Waals surface area (Å²) >= 11 is 0. The molecular weight excluding hydrogens is 272 g/mol. The molecule has 116 valence electrons. The molecule has 1 saturated heterocycles. The number of anilines is 1. The minimum atomic E-state index is -0.235. The van der Waals surface area contributed by atoms with Crippen LogP contribution < -0.4 is 10.1 Å². The van der Waals surface area contributed by atoms with Crippen LogP contribution in [0, 0.1) is 0 Å². The maximum atomic E-state index is 11.8. The highest BCUT2D eigenvalue weighted by Gasteiger charge is 2.24. The monoisotopic (exact) mass is 294 g/mol. The zero-order valence-corrected chi connectivity index (χ0v) is 12.7. The smallest absolute Gasteiger partial charge is 0.410 e. The normalized spacial score (nSPS) is 15.9. The highest BCUT2D eigenvalue weighted by atomic mass is 16.6.